The molecule has 0 radical (unpaired) electrons. The Bertz CT molecular complexity index is 956. The third kappa shape index (κ3) is 4.30. The molecule has 1 aromatic heterocycles. The highest BCUT2D eigenvalue weighted by Gasteiger charge is 2.23. The second-order valence-corrected chi connectivity index (χ2v) is 7.12. The zero-order valence-electron chi connectivity index (χ0n) is 14.4. The minimum atomic E-state index is -0.530. The smallest absolute Gasteiger partial charge is 0.236 e. The van der Waals surface area contributed by atoms with Crippen molar-refractivity contribution in [2.45, 2.75) is 17.9 Å². The van der Waals surface area contributed by atoms with E-state index in [0.717, 1.165) is 17.5 Å². The van der Waals surface area contributed by atoms with Crippen molar-refractivity contribution in [3.05, 3.63) is 41.2 Å². The van der Waals surface area contributed by atoms with Gasteiger partial charge >= 0.3 is 0 Å². The molecule has 3 rings (SSSR count). The van der Waals surface area contributed by atoms with E-state index in [-0.39, 0.29) is 27.8 Å². The number of benzene rings is 1. The molecule has 7 nitrogen and oxygen atoms in total. The number of hydrogen-bond acceptors (Lipinski definition) is 6. The van der Waals surface area contributed by atoms with Gasteiger partial charge in [0.1, 0.15) is 22.7 Å². The minimum Gasteiger partial charge on any atom is -0.493 e. The zero-order valence-corrected chi connectivity index (χ0v) is 15.3. The molecule has 27 heavy (non-hydrogen) atoms. The number of nitriles is 1. The number of ether oxygens (including phenoxy) is 1. The summed E-state index contributed by atoms with van der Waals surface area (Å²) in [6.07, 6.45) is 2.42. The van der Waals surface area contributed by atoms with E-state index < -0.39 is 5.91 Å². The number of amides is 1. The van der Waals surface area contributed by atoms with Crippen molar-refractivity contribution in [3.8, 4) is 22.9 Å². The molecule has 1 aromatic carbocycles. The third-order valence-corrected chi connectivity index (χ3v) is 5.06. The molecule has 1 heterocycles. The number of hydrogen-bond donors (Lipinski definition) is 2. The van der Waals surface area contributed by atoms with Gasteiger partial charge in [0.25, 0.3) is 0 Å². The van der Waals surface area contributed by atoms with Crippen LogP contribution < -0.4 is 16.2 Å². The number of nitrogens with two attached hydrogens (primary N) is 2. The van der Waals surface area contributed by atoms with Crippen LogP contribution in [0.15, 0.2) is 29.3 Å². The normalized spacial score (nSPS) is 12.8. The van der Waals surface area contributed by atoms with E-state index in [9.17, 15) is 10.1 Å². The van der Waals surface area contributed by atoms with Crippen LogP contribution in [0.2, 0.25) is 0 Å². The molecule has 1 fully saturated rings. The van der Waals surface area contributed by atoms with Gasteiger partial charge in [0.2, 0.25) is 11.6 Å². The first kappa shape index (κ1) is 18.6. The van der Waals surface area contributed by atoms with Crippen LogP contribution in [-0.2, 0) is 4.79 Å². The number of primary amides is 1. The lowest BCUT2D eigenvalue weighted by Gasteiger charge is -2.13. The summed E-state index contributed by atoms with van der Waals surface area (Å²) < 4.78 is 5.73. The lowest BCUT2D eigenvalue weighted by molar-refractivity contribution is -0.115. The van der Waals surface area contributed by atoms with Crippen LogP contribution in [0.1, 0.15) is 18.4 Å². The van der Waals surface area contributed by atoms with Gasteiger partial charge in [-0.15, -0.1) is 0 Å². The molecular weight excluding hydrogens is 362 g/mol. The summed E-state index contributed by atoms with van der Waals surface area (Å²) in [5.74, 6) is 0.829. The first-order chi connectivity index (χ1) is 13.0. The number of rotatable bonds is 7. The molecule has 0 spiro atoms. The summed E-state index contributed by atoms with van der Waals surface area (Å²) in [5.41, 5.74) is 12.5. The van der Waals surface area contributed by atoms with Crippen molar-refractivity contribution in [2.75, 3.05) is 18.1 Å². The van der Waals surface area contributed by atoms with Crippen LogP contribution in [0.4, 0.5) is 11.5 Å². The highest BCUT2D eigenvalue weighted by molar-refractivity contribution is 8.00. The molecule has 0 atom stereocenters. The Kier molecular flexibility index (Phi) is 5.49. The topological polar surface area (TPSA) is 119 Å². The fraction of sp³-hybridized carbons (Fsp3) is 0.263. The average Bonchev–Trinajstić information content (AvgIpc) is 3.49. The van der Waals surface area contributed by atoms with Gasteiger partial charge in [-0.1, -0.05) is 23.9 Å². The fourth-order valence-electron chi connectivity index (χ4n) is 2.53. The van der Waals surface area contributed by atoms with Crippen LogP contribution in [-0.4, -0.2) is 23.3 Å². The number of carbonyl (C=O) groups is 1. The second kappa shape index (κ2) is 7.98. The standard InChI is InChI=1S/C19H17N5O2S/c1-23-17-16(12-4-6-13(7-5-12)26-9-11-2-3-11)14(8-20)19(24-18(17)22)27-10-15(21)25/h4-7,11H,2-3,9-10H2,(H2,21,25)(H2,22,24). The number of aromatic nitrogens is 1. The van der Waals surface area contributed by atoms with Crippen LogP contribution in [0.5, 0.6) is 5.75 Å². The largest absolute Gasteiger partial charge is 0.493 e. The van der Waals surface area contributed by atoms with Crippen molar-refractivity contribution in [3.63, 3.8) is 0 Å². The maximum Gasteiger partial charge on any atom is 0.236 e. The molecule has 136 valence electrons. The quantitative estimate of drug-likeness (QED) is 0.563. The Labute approximate surface area is 161 Å². The van der Waals surface area contributed by atoms with Crippen molar-refractivity contribution >= 4 is 29.2 Å². The highest BCUT2D eigenvalue weighted by atomic mass is 32.2. The highest BCUT2D eigenvalue weighted by Crippen LogP contribution is 2.41. The zero-order chi connectivity index (χ0) is 19.4. The Morgan fingerprint density at radius 3 is 2.67 bits per heavy atom. The first-order valence-corrected chi connectivity index (χ1v) is 9.27. The molecule has 4 N–H and O–H groups in total. The molecule has 1 aliphatic carbocycles. The van der Waals surface area contributed by atoms with Gasteiger partial charge in [0, 0.05) is 5.56 Å². The van der Waals surface area contributed by atoms with Gasteiger partial charge in [-0.05, 0) is 36.5 Å². The Hall–Kier alpha value is -3.23. The molecule has 1 aliphatic rings. The monoisotopic (exact) mass is 379 g/mol. The van der Waals surface area contributed by atoms with Crippen LogP contribution >= 0.6 is 11.8 Å². The van der Waals surface area contributed by atoms with E-state index in [4.69, 9.17) is 22.8 Å². The van der Waals surface area contributed by atoms with Gasteiger partial charge in [-0.25, -0.2) is 9.83 Å². The van der Waals surface area contributed by atoms with Gasteiger partial charge in [-0.2, -0.15) is 5.26 Å². The summed E-state index contributed by atoms with van der Waals surface area (Å²) >= 11 is 1.03. The van der Waals surface area contributed by atoms with E-state index in [1.807, 2.05) is 0 Å². The van der Waals surface area contributed by atoms with E-state index in [1.165, 1.54) is 12.8 Å². The lowest BCUT2D eigenvalue weighted by atomic mass is 10.00. The van der Waals surface area contributed by atoms with Crippen LogP contribution in [0.25, 0.3) is 16.0 Å². The van der Waals surface area contributed by atoms with Crippen molar-refractivity contribution in [2.24, 2.45) is 11.7 Å². The summed E-state index contributed by atoms with van der Waals surface area (Å²) in [4.78, 5) is 18.7. The van der Waals surface area contributed by atoms with E-state index in [1.54, 1.807) is 24.3 Å². The molecule has 0 saturated heterocycles. The van der Waals surface area contributed by atoms with Crippen molar-refractivity contribution in [1.82, 2.24) is 4.98 Å². The maximum atomic E-state index is 11.1. The number of carbonyl (C=O) groups excluding carboxylic acids is 1. The molecule has 1 amide bonds. The number of nitrogens with zero attached hydrogens (tertiary/aromatic N) is 3. The van der Waals surface area contributed by atoms with E-state index in [2.05, 4.69) is 15.9 Å². The summed E-state index contributed by atoms with van der Waals surface area (Å²) in [6, 6.07) is 9.27. The molecule has 2 aromatic rings. The SMILES string of the molecule is [C-]#[N+]c1c(N)nc(SCC(N)=O)c(C#N)c1-c1ccc(OCC2CC2)cc1. The van der Waals surface area contributed by atoms with Gasteiger partial charge in [0.15, 0.2) is 0 Å². The van der Waals surface area contributed by atoms with E-state index in [0.29, 0.717) is 23.7 Å². The molecule has 1 saturated carbocycles. The first-order valence-electron chi connectivity index (χ1n) is 8.28. The molecule has 0 aliphatic heterocycles. The Morgan fingerprint density at radius 1 is 1.41 bits per heavy atom. The van der Waals surface area contributed by atoms with E-state index >= 15 is 0 Å². The number of thioether (sulfide) groups is 1. The predicted octanol–water partition coefficient (Wildman–Crippen LogP) is 3.12. The summed E-state index contributed by atoms with van der Waals surface area (Å²) in [5, 5.41) is 9.94. The number of nitrogen functional groups attached to an aromatic ring is 1. The fourth-order valence-corrected chi connectivity index (χ4v) is 3.26. The van der Waals surface area contributed by atoms with Gasteiger partial charge < -0.3 is 16.2 Å². The second-order valence-electron chi connectivity index (χ2n) is 6.16. The van der Waals surface area contributed by atoms with Crippen molar-refractivity contribution < 1.29 is 9.53 Å². The molecular formula is C19H17N5O2S. The Morgan fingerprint density at radius 2 is 2.11 bits per heavy atom. The predicted molar refractivity (Wildman–Crippen MR) is 103 cm³/mol. The third-order valence-electron chi connectivity index (χ3n) is 4.07. The van der Waals surface area contributed by atoms with Gasteiger partial charge in [-0.3, -0.25) is 4.79 Å². The average molecular weight is 379 g/mol. The Balaban J connectivity index is 2.00. The molecule has 0 bridgehead atoms. The van der Waals surface area contributed by atoms with Gasteiger partial charge in [0.05, 0.1) is 24.5 Å². The maximum absolute atomic E-state index is 11.1. The molecule has 8 heteroatoms. The number of anilines is 1. The molecule has 0 unspecified atom stereocenters. The number of pyridine rings is 1. The summed E-state index contributed by atoms with van der Waals surface area (Å²) in [6.45, 7) is 8.14. The van der Waals surface area contributed by atoms with Crippen LogP contribution in [0.3, 0.4) is 0 Å². The van der Waals surface area contributed by atoms with Crippen LogP contribution in [0, 0.1) is 23.8 Å². The summed E-state index contributed by atoms with van der Waals surface area (Å²) in [7, 11) is 0. The minimum absolute atomic E-state index is 0.0139. The van der Waals surface area contributed by atoms with Crippen molar-refractivity contribution in [1.29, 1.82) is 5.26 Å². The lowest BCUT2D eigenvalue weighted by Crippen LogP contribution is -2.13.